The number of hydrogen-bond donors (Lipinski definition) is 3. The van der Waals surface area contributed by atoms with E-state index in [4.69, 9.17) is 10.5 Å². The summed E-state index contributed by atoms with van der Waals surface area (Å²) in [4.78, 5) is 30.3. The molecule has 1 aromatic rings. The zero-order valence-corrected chi connectivity index (χ0v) is 22.8. The van der Waals surface area contributed by atoms with E-state index in [9.17, 15) is 19.8 Å². The Morgan fingerprint density at radius 1 is 1.36 bits per heavy atom. The highest BCUT2D eigenvalue weighted by atomic mass is 32.1. The van der Waals surface area contributed by atoms with Crippen molar-refractivity contribution in [2.75, 3.05) is 0 Å². The summed E-state index contributed by atoms with van der Waals surface area (Å²) >= 11 is 1.32. The zero-order chi connectivity index (χ0) is 27.0. The molecular formula is C27H41FN2O5S. The van der Waals surface area contributed by atoms with Crippen LogP contribution in [-0.4, -0.2) is 45.3 Å². The maximum Gasteiger partial charge on any atom is 0.309 e. The molecule has 0 radical (unpaired) electrons. The first-order chi connectivity index (χ1) is 16.9. The minimum absolute atomic E-state index is 0.109. The second kappa shape index (κ2) is 13.6. The topological polar surface area (TPSA) is 123 Å². The number of ketones is 1. The molecule has 0 amide bonds. The van der Waals surface area contributed by atoms with Crippen molar-refractivity contribution in [2.45, 2.75) is 98.0 Å². The fourth-order valence-electron chi connectivity index (χ4n) is 4.46. The number of carbonyl (C=O) groups is 2. The molecule has 1 aromatic heterocycles. The van der Waals surface area contributed by atoms with Gasteiger partial charge in [-0.25, -0.2) is 9.37 Å². The number of nitrogens with two attached hydrogens (primary N) is 1. The van der Waals surface area contributed by atoms with Gasteiger partial charge in [-0.05, 0) is 38.5 Å². The molecule has 7 nitrogen and oxygen atoms in total. The van der Waals surface area contributed by atoms with Gasteiger partial charge in [0.15, 0.2) is 6.10 Å². The fourth-order valence-corrected chi connectivity index (χ4v) is 5.09. The molecule has 0 spiro atoms. The summed E-state index contributed by atoms with van der Waals surface area (Å²) < 4.78 is 20.7. The van der Waals surface area contributed by atoms with E-state index in [1.54, 1.807) is 19.2 Å². The summed E-state index contributed by atoms with van der Waals surface area (Å²) in [6.45, 7) is 9.08. The van der Waals surface area contributed by atoms with Gasteiger partial charge in [-0.3, -0.25) is 9.59 Å². The molecule has 202 valence electrons. The maximum atomic E-state index is 15.2. The van der Waals surface area contributed by atoms with Gasteiger partial charge in [0, 0.05) is 30.3 Å². The van der Waals surface area contributed by atoms with E-state index in [0.29, 0.717) is 17.1 Å². The van der Waals surface area contributed by atoms with Gasteiger partial charge in [0.2, 0.25) is 0 Å². The lowest BCUT2D eigenvalue weighted by atomic mass is 9.71. The molecule has 2 heterocycles. The largest absolute Gasteiger partial charge is 0.455 e. The van der Waals surface area contributed by atoms with E-state index >= 15 is 4.39 Å². The van der Waals surface area contributed by atoms with Crippen LogP contribution in [0.15, 0.2) is 22.9 Å². The van der Waals surface area contributed by atoms with E-state index in [0.717, 1.165) is 24.8 Å². The SMILES string of the molecule is CCC1C(=O)C(C)(C)C(O)CC(=O)OC(/C(F)=C/c2csc(CN)n2)C/C=C(\C)CCCC(C)C1O. The van der Waals surface area contributed by atoms with Crippen LogP contribution in [0.25, 0.3) is 6.08 Å². The number of ether oxygens (including phenoxy) is 1. The number of allylic oxidation sites excluding steroid dienone is 1. The number of aliphatic hydroxyl groups excluding tert-OH is 2. The third kappa shape index (κ3) is 8.03. The summed E-state index contributed by atoms with van der Waals surface area (Å²) in [7, 11) is 0. The summed E-state index contributed by atoms with van der Waals surface area (Å²) in [5.74, 6) is -2.53. The average Bonchev–Trinajstić information content (AvgIpc) is 3.28. The van der Waals surface area contributed by atoms with Crippen LogP contribution in [0.4, 0.5) is 4.39 Å². The molecule has 5 atom stereocenters. The number of nitrogens with zero attached hydrogens (tertiary/aromatic N) is 1. The second-order valence-corrected chi connectivity index (χ2v) is 11.3. The van der Waals surface area contributed by atoms with Crippen molar-refractivity contribution >= 4 is 29.2 Å². The van der Waals surface area contributed by atoms with Crippen LogP contribution >= 0.6 is 11.3 Å². The standard InChI is InChI=1S/C27H41FN2O5S/c1-6-19-25(33)17(3)9-7-8-16(2)10-11-21(20(28)12-18-15-36-23(14-29)30-18)35-24(32)13-22(31)27(4,5)26(19)34/h10,12,15,17,19,21-22,25,31,33H,6-9,11,13-14,29H2,1-5H3/b16-10+,20-12-. The Morgan fingerprint density at radius 2 is 2.06 bits per heavy atom. The number of carbonyl (C=O) groups excluding carboxylic acids is 2. The Hall–Kier alpha value is -1.94. The van der Waals surface area contributed by atoms with E-state index in [-0.39, 0.29) is 24.7 Å². The first-order valence-corrected chi connectivity index (χ1v) is 13.6. The molecule has 0 saturated carbocycles. The second-order valence-electron chi connectivity index (χ2n) is 10.3. The Kier molecular flexibility index (Phi) is 11.4. The summed E-state index contributed by atoms with van der Waals surface area (Å²) in [6, 6.07) is 0. The number of thiazole rings is 1. The smallest absolute Gasteiger partial charge is 0.309 e. The number of esters is 1. The van der Waals surface area contributed by atoms with Crippen molar-refractivity contribution in [1.29, 1.82) is 0 Å². The lowest BCUT2D eigenvalue weighted by molar-refractivity contribution is -0.155. The van der Waals surface area contributed by atoms with Crippen LogP contribution < -0.4 is 5.73 Å². The van der Waals surface area contributed by atoms with Gasteiger partial charge in [0.05, 0.1) is 29.7 Å². The highest BCUT2D eigenvalue weighted by molar-refractivity contribution is 7.09. The Balaban J connectivity index is 2.35. The highest BCUT2D eigenvalue weighted by Gasteiger charge is 2.43. The molecule has 1 aliphatic heterocycles. The molecule has 1 aliphatic rings. The number of cyclic esters (lactones) is 1. The summed E-state index contributed by atoms with van der Waals surface area (Å²) in [5.41, 5.74) is 5.70. The molecular weight excluding hydrogens is 483 g/mol. The summed E-state index contributed by atoms with van der Waals surface area (Å²) in [5, 5.41) is 24.1. The zero-order valence-electron chi connectivity index (χ0n) is 22.0. The van der Waals surface area contributed by atoms with E-state index < -0.39 is 47.9 Å². The van der Waals surface area contributed by atoms with Gasteiger partial charge in [-0.1, -0.05) is 39.3 Å². The summed E-state index contributed by atoms with van der Waals surface area (Å²) in [6.07, 6.45) is 2.04. The van der Waals surface area contributed by atoms with Crippen molar-refractivity contribution in [3.8, 4) is 0 Å². The molecule has 0 saturated heterocycles. The minimum atomic E-state index is -1.35. The predicted octanol–water partition coefficient (Wildman–Crippen LogP) is 4.71. The van der Waals surface area contributed by atoms with E-state index in [1.807, 2.05) is 26.8 Å². The van der Waals surface area contributed by atoms with Gasteiger partial charge in [-0.15, -0.1) is 11.3 Å². The van der Waals surface area contributed by atoms with Crippen LogP contribution in [0.1, 0.15) is 83.8 Å². The Bertz CT molecular complexity index is 958. The number of aliphatic hydroxyl groups is 2. The predicted molar refractivity (Wildman–Crippen MR) is 140 cm³/mol. The van der Waals surface area contributed by atoms with Crippen LogP contribution in [0.3, 0.4) is 0 Å². The molecule has 36 heavy (non-hydrogen) atoms. The van der Waals surface area contributed by atoms with Crippen molar-refractivity contribution < 1.29 is 28.9 Å². The van der Waals surface area contributed by atoms with Crippen molar-refractivity contribution in [3.63, 3.8) is 0 Å². The number of halogens is 1. The van der Waals surface area contributed by atoms with Gasteiger partial charge >= 0.3 is 5.97 Å². The Morgan fingerprint density at radius 3 is 2.67 bits per heavy atom. The highest BCUT2D eigenvalue weighted by Crippen LogP contribution is 2.34. The first-order valence-electron chi connectivity index (χ1n) is 12.7. The lowest BCUT2D eigenvalue weighted by Gasteiger charge is -2.35. The molecule has 0 aliphatic carbocycles. The third-order valence-electron chi connectivity index (χ3n) is 7.12. The molecule has 0 bridgehead atoms. The molecule has 2 rings (SSSR count). The van der Waals surface area contributed by atoms with Crippen molar-refractivity contribution in [3.05, 3.63) is 33.6 Å². The average molecular weight is 525 g/mol. The van der Waals surface area contributed by atoms with Gasteiger partial charge in [0.25, 0.3) is 0 Å². The van der Waals surface area contributed by atoms with Crippen LogP contribution in [-0.2, 0) is 20.9 Å². The quantitative estimate of drug-likeness (QED) is 0.385. The van der Waals surface area contributed by atoms with Crippen LogP contribution in [0.5, 0.6) is 0 Å². The Labute approximate surface area is 217 Å². The number of rotatable bonds is 4. The minimum Gasteiger partial charge on any atom is -0.455 e. The lowest BCUT2D eigenvalue weighted by Crippen LogP contribution is -2.46. The van der Waals surface area contributed by atoms with Gasteiger partial charge in [-0.2, -0.15) is 0 Å². The van der Waals surface area contributed by atoms with E-state index in [1.165, 1.54) is 17.4 Å². The molecule has 0 aromatic carbocycles. The third-order valence-corrected chi connectivity index (χ3v) is 8.01. The fraction of sp³-hybridized carbons (Fsp3) is 0.667. The molecule has 5 unspecified atom stereocenters. The van der Waals surface area contributed by atoms with Gasteiger partial charge < -0.3 is 20.7 Å². The van der Waals surface area contributed by atoms with Gasteiger partial charge in [0.1, 0.15) is 16.6 Å². The van der Waals surface area contributed by atoms with Crippen LogP contribution in [0.2, 0.25) is 0 Å². The molecule has 0 fully saturated rings. The maximum absolute atomic E-state index is 15.2. The molecule has 9 heteroatoms. The van der Waals surface area contributed by atoms with Crippen molar-refractivity contribution in [1.82, 2.24) is 4.98 Å². The molecule has 4 N–H and O–H groups in total. The van der Waals surface area contributed by atoms with E-state index in [2.05, 4.69) is 4.98 Å². The normalized spacial score (nSPS) is 31.0. The van der Waals surface area contributed by atoms with Crippen LogP contribution in [0, 0.1) is 17.3 Å². The number of aromatic nitrogens is 1. The number of hydrogen-bond acceptors (Lipinski definition) is 8. The monoisotopic (exact) mass is 524 g/mol. The van der Waals surface area contributed by atoms with Crippen molar-refractivity contribution in [2.24, 2.45) is 23.0 Å². The number of Topliss-reactive ketones (excluding diaryl/α,β-unsaturated/α-hetero) is 1. The first kappa shape index (κ1) is 30.3.